The quantitative estimate of drug-likeness (QED) is 0.386. The normalized spacial score (nSPS) is 13.4. The van der Waals surface area contributed by atoms with Crippen LogP contribution in [0.3, 0.4) is 0 Å². The van der Waals surface area contributed by atoms with Gasteiger partial charge < -0.3 is 19.5 Å². The summed E-state index contributed by atoms with van der Waals surface area (Å²) in [4.78, 5) is 10.4. The van der Waals surface area contributed by atoms with Gasteiger partial charge in [0.2, 0.25) is 0 Å². The van der Waals surface area contributed by atoms with E-state index in [0.29, 0.717) is 17.4 Å². The molecule has 0 spiro atoms. The fourth-order valence-electron chi connectivity index (χ4n) is 3.72. The highest BCUT2D eigenvalue weighted by atomic mass is 32.2. The third kappa shape index (κ3) is 3.70. The van der Waals surface area contributed by atoms with Crippen LogP contribution in [0, 0.1) is 0 Å². The second-order valence-electron chi connectivity index (χ2n) is 7.69. The summed E-state index contributed by atoms with van der Waals surface area (Å²) in [5, 5.41) is 7.41. The zero-order valence-electron chi connectivity index (χ0n) is 18.4. The van der Waals surface area contributed by atoms with Gasteiger partial charge >= 0.3 is 0 Å². The lowest BCUT2D eigenvalue weighted by Crippen LogP contribution is -2.02. The van der Waals surface area contributed by atoms with Crippen molar-refractivity contribution in [2.45, 2.75) is 23.7 Å². The first kappa shape index (κ1) is 20.5. The molecule has 1 aliphatic carbocycles. The largest absolute Gasteiger partial charge is 0.493 e. The highest BCUT2D eigenvalue weighted by molar-refractivity contribution is 8.00. The average molecular weight is 452 g/mol. The van der Waals surface area contributed by atoms with E-state index in [9.17, 15) is 0 Å². The van der Waals surface area contributed by atoms with E-state index in [0.717, 1.165) is 39.0 Å². The Kier molecular flexibility index (Phi) is 5.30. The fourth-order valence-corrected chi connectivity index (χ4v) is 4.40. The molecule has 3 heterocycles. The molecule has 2 N–H and O–H groups in total. The van der Waals surface area contributed by atoms with Crippen molar-refractivity contribution in [1.29, 1.82) is 0 Å². The molecule has 0 unspecified atom stereocenters. The van der Waals surface area contributed by atoms with E-state index >= 15 is 0 Å². The molecule has 5 rings (SSSR count). The highest BCUT2D eigenvalue weighted by Crippen LogP contribution is 2.43. The number of nitrogens with one attached hydrogen (secondary N) is 2. The summed E-state index contributed by atoms with van der Waals surface area (Å²) in [6.07, 6.45) is 10.1. The van der Waals surface area contributed by atoms with Gasteiger partial charge in [-0.25, -0.2) is 9.97 Å². The summed E-state index contributed by atoms with van der Waals surface area (Å²) in [5.74, 6) is 2.59. The Morgan fingerprint density at radius 1 is 1.12 bits per heavy atom. The minimum Gasteiger partial charge on any atom is -0.493 e. The number of hydrogen-bond acceptors (Lipinski definition) is 8. The summed E-state index contributed by atoms with van der Waals surface area (Å²) >= 11 is 1.46. The highest BCUT2D eigenvalue weighted by Gasteiger charge is 2.27. The first-order chi connectivity index (χ1) is 15.6. The maximum atomic E-state index is 5.66. The molecule has 0 radical (unpaired) electrons. The van der Waals surface area contributed by atoms with E-state index in [2.05, 4.69) is 30.7 Å². The molecule has 32 heavy (non-hydrogen) atoms. The summed E-state index contributed by atoms with van der Waals surface area (Å²) in [7, 11) is 7.05. The molecule has 166 valence electrons. The number of fused-ring (bicyclic) bond motifs is 1. The Bertz CT molecular complexity index is 1280. The fraction of sp³-hybridized carbons (Fsp3) is 0.318. The molecule has 0 atom stereocenters. The number of aryl methyl sites for hydroxylation is 1. The van der Waals surface area contributed by atoms with Crippen LogP contribution in [0.1, 0.15) is 24.5 Å². The molecule has 1 saturated carbocycles. The first-order valence-corrected chi connectivity index (χ1v) is 11.2. The van der Waals surface area contributed by atoms with E-state index in [1.807, 2.05) is 38.6 Å². The third-order valence-corrected chi connectivity index (χ3v) is 6.25. The van der Waals surface area contributed by atoms with Crippen molar-refractivity contribution >= 4 is 29.1 Å². The smallest absolute Gasteiger partial charge is 0.184 e. The SMILES string of the molecule is CNc1nc(C2CC2)cn2c(-c3cc(NSc4cnn(C)c4)c(OC)c(OC)c3)cnc12. The van der Waals surface area contributed by atoms with E-state index in [4.69, 9.17) is 14.5 Å². The van der Waals surface area contributed by atoms with E-state index in [-0.39, 0.29) is 0 Å². The zero-order chi connectivity index (χ0) is 22.2. The van der Waals surface area contributed by atoms with Gasteiger partial charge in [0.1, 0.15) is 0 Å². The third-order valence-electron chi connectivity index (χ3n) is 5.48. The van der Waals surface area contributed by atoms with Gasteiger partial charge in [-0.3, -0.25) is 9.08 Å². The molecule has 3 aromatic heterocycles. The van der Waals surface area contributed by atoms with Crippen LogP contribution in [0.25, 0.3) is 16.9 Å². The minimum absolute atomic E-state index is 0.528. The number of methoxy groups -OCH3 is 2. The number of ether oxygens (including phenoxy) is 2. The summed E-state index contributed by atoms with van der Waals surface area (Å²) in [5.41, 5.74) is 4.60. The number of rotatable bonds is 8. The van der Waals surface area contributed by atoms with E-state index < -0.39 is 0 Å². The van der Waals surface area contributed by atoms with E-state index in [1.165, 1.54) is 24.8 Å². The maximum Gasteiger partial charge on any atom is 0.184 e. The van der Waals surface area contributed by atoms with Crippen molar-refractivity contribution in [3.05, 3.63) is 42.6 Å². The molecule has 10 heteroatoms. The second kappa shape index (κ2) is 8.27. The van der Waals surface area contributed by atoms with Gasteiger partial charge in [0.05, 0.1) is 48.6 Å². The monoisotopic (exact) mass is 451 g/mol. The Hall–Kier alpha value is -3.40. The van der Waals surface area contributed by atoms with Crippen LogP contribution < -0.4 is 19.5 Å². The second-order valence-corrected chi connectivity index (χ2v) is 8.57. The van der Waals surface area contributed by atoms with Gasteiger partial charge in [-0.15, -0.1) is 0 Å². The molecule has 9 nitrogen and oxygen atoms in total. The van der Waals surface area contributed by atoms with Gasteiger partial charge in [0.25, 0.3) is 0 Å². The molecular weight excluding hydrogens is 426 g/mol. The molecule has 0 amide bonds. The van der Waals surface area contributed by atoms with Crippen LogP contribution in [0.4, 0.5) is 11.5 Å². The first-order valence-electron chi connectivity index (χ1n) is 10.3. The summed E-state index contributed by atoms with van der Waals surface area (Å²) in [6.45, 7) is 0. The van der Waals surface area contributed by atoms with Crippen LogP contribution in [-0.2, 0) is 7.05 Å². The Balaban J connectivity index is 1.59. The lowest BCUT2D eigenvalue weighted by molar-refractivity contribution is 0.356. The molecule has 1 aliphatic rings. The topological polar surface area (TPSA) is 90.5 Å². The Morgan fingerprint density at radius 3 is 2.62 bits per heavy atom. The number of hydrogen-bond donors (Lipinski definition) is 2. The van der Waals surface area contributed by atoms with Crippen molar-refractivity contribution < 1.29 is 9.47 Å². The predicted molar refractivity (Wildman–Crippen MR) is 126 cm³/mol. The number of benzene rings is 1. The summed E-state index contributed by atoms with van der Waals surface area (Å²) < 4.78 is 18.6. The average Bonchev–Trinajstić information content (AvgIpc) is 3.45. The van der Waals surface area contributed by atoms with Crippen molar-refractivity contribution in [2.24, 2.45) is 7.05 Å². The van der Waals surface area contributed by atoms with Crippen LogP contribution in [0.15, 0.2) is 41.8 Å². The van der Waals surface area contributed by atoms with Gasteiger partial charge in [-0.05, 0) is 36.9 Å². The van der Waals surface area contributed by atoms with Crippen LogP contribution in [-0.4, -0.2) is 45.4 Å². The maximum absolute atomic E-state index is 5.66. The molecular formula is C22H25N7O2S. The molecule has 0 saturated heterocycles. The van der Waals surface area contributed by atoms with Gasteiger partial charge in [-0.1, -0.05) is 0 Å². The van der Waals surface area contributed by atoms with Gasteiger partial charge in [0, 0.05) is 38.0 Å². The van der Waals surface area contributed by atoms with Crippen molar-refractivity contribution in [3.8, 4) is 22.8 Å². The predicted octanol–water partition coefficient (Wildman–Crippen LogP) is 4.19. The molecule has 1 aromatic carbocycles. The van der Waals surface area contributed by atoms with Crippen molar-refractivity contribution in [3.63, 3.8) is 0 Å². The van der Waals surface area contributed by atoms with E-state index in [1.54, 1.807) is 25.1 Å². The van der Waals surface area contributed by atoms with Crippen molar-refractivity contribution in [1.82, 2.24) is 24.1 Å². The molecule has 1 fully saturated rings. The summed E-state index contributed by atoms with van der Waals surface area (Å²) in [6, 6.07) is 4.02. The number of imidazole rings is 1. The Labute approximate surface area is 190 Å². The minimum atomic E-state index is 0.528. The molecule has 0 aliphatic heterocycles. The van der Waals surface area contributed by atoms with Crippen LogP contribution in [0.5, 0.6) is 11.5 Å². The molecule has 4 aromatic rings. The standard InChI is InChI=1S/C22H25N7O2S/c1-23-21-22-24-10-18(29(22)12-17(26-21)13-5-6-13)14-7-16(20(31-4)19(8-14)30-3)27-32-15-9-25-28(2)11-15/h7-13,27H,5-6H2,1-4H3,(H,23,26). The lowest BCUT2D eigenvalue weighted by atomic mass is 10.1. The van der Waals surface area contributed by atoms with Crippen LogP contribution in [0.2, 0.25) is 0 Å². The number of aromatic nitrogens is 5. The number of nitrogens with zero attached hydrogens (tertiary/aromatic N) is 5. The Morgan fingerprint density at radius 2 is 1.97 bits per heavy atom. The van der Waals surface area contributed by atoms with Gasteiger partial charge in [0.15, 0.2) is 23.0 Å². The van der Waals surface area contributed by atoms with Crippen LogP contribution >= 0.6 is 11.9 Å². The zero-order valence-corrected chi connectivity index (χ0v) is 19.2. The van der Waals surface area contributed by atoms with Gasteiger partial charge in [-0.2, -0.15) is 5.10 Å². The lowest BCUT2D eigenvalue weighted by Gasteiger charge is -2.16. The molecule has 0 bridgehead atoms. The van der Waals surface area contributed by atoms with Crippen molar-refractivity contribution in [2.75, 3.05) is 31.3 Å². The number of anilines is 2.